The van der Waals surface area contributed by atoms with Crippen LogP contribution in [-0.4, -0.2) is 35.9 Å². The van der Waals surface area contributed by atoms with Crippen LogP contribution in [0.4, 0.5) is 4.39 Å². The molecule has 172 valence electrons. The number of hydroxylamine groups is 2. The Morgan fingerprint density at radius 2 is 2.21 bits per heavy atom. The number of allylic oxidation sites excluding steroid dienone is 1. The number of aliphatic hydroxyl groups is 1. The number of nitriles is 1. The van der Waals surface area contributed by atoms with Crippen molar-refractivity contribution in [3.63, 3.8) is 0 Å². The molecule has 0 aromatic heterocycles. The van der Waals surface area contributed by atoms with Crippen LogP contribution in [0.3, 0.4) is 0 Å². The van der Waals surface area contributed by atoms with E-state index in [1.54, 1.807) is 37.4 Å². The van der Waals surface area contributed by atoms with Gasteiger partial charge >= 0.3 is 0 Å². The van der Waals surface area contributed by atoms with Gasteiger partial charge in [0.1, 0.15) is 23.7 Å². The van der Waals surface area contributed by atoms with Crippen molar-refractivity contribution < 1.29 is 19.1 Å². The number of nitrogens with zero attached hydrogens (tertiary/aromatic N) is 3. The third kappa shape index (κ3) is 4.17. The van der Waals surface area contributed by atoms with Crippen LogP contribution in [0.1, 0.15) is 37.8 Å². The van der Waals surface area contributed by atoms with Gasteiger partial charge in [0.05, 0.1) is 11.1 Å². The summed E-state index contributed by atoms with van der Waals surface area (Å²) in [5.41, 5.74) is 7.54. The van der Waals surface area contributed by atoms with Crippen molar-refractivity contribution in [1.82, 2.24) is 5.06 Å². The lowest BCUT2D eigenvalue weighted by Gasteiger charge is -2.39. The number of benzene rings is 2. The van der Waals surface area contributed by atoms with E-state index in [9.17, 15) is 14.8 Å². The number of aliphatic imine (C=N–C) groups is 1. The van der Waals surface area contributed by atoms with E-state index in [-0.39, 0.29) is 30.2 Å². The SMILES string of the molecule is CC(C)=CC(CCO)C1CC2(N=C(N)N(C)O2)c2cc(-c3cccc(C#N)c3F)ccc2O1. The third-order valence-corrected chi connectivity index (χ3v) is 5.98. The quantitative estimate of drug-likeness (QED) is 0.671. The van der Waals surface area contributed by atoms with Gasteiger partial charge in [-0.15, -0.1) is 0 Å². The molecular formula is C25H27FN4O3. The molecule has 3 N–H and O–H groups in total. The first kappa shape index (κ1) is 22.8. The minimum Gasteiger partial charge on any atom is -0.489 e. The average molecular weight is 451 g/mol. The monoisotopic (exact) mass is 450 g/mol. The summed E-state index contributed by atoms with van der Waals surface area (Å²) in [5.74, 6) is 0.150. The minimum absolute atomic E-state index is 0.0216. The van der Waals surface area contributed by atoms with E-state index < -0.39 is 11.5 Å². The highest BCUT2D eigenvalue weighted by molar-refractivity contribution is 5.79. The lowest BCUT2D eigenvalue weighted by Crippen LogP contribution is -2.42. The summed E-state index contributed by atoms with van der Waals surface area (Å²) in [6.45, 7) is 4.03. The Morgan fingerprint density at radius 3 is 2.85 bits per heavy atom. The fourth-order valence-electron chi connectivity index (χ4n) is 4.47. The zero-order valence-electron chi connectivity index (χ0n) is 18.9. The Hall–Kier alpha value is -3.41. The van der Waals surface area contributed by atoms with Gasteiger partial charge in [-0.2, -0.15) is 5.26 Å². The largest absolute Gasteiger partial charge is 0.489 e. The van der Waals surface area contributed by atoms with E-state index in [0.29, 0.717) is 35.3 Å². The van der Waals surface area contributed by atoms with Crippen LogP contribution in [-0.2, 0) is 10.6 Å². The molecule has 0 bridgehead atoms. The maximum atomic E-state index is 14.9. The van der Waals surface area contributed by atoms with E-state index in [1.165, 1.54) is 11.1 Å². The molecule has 2 heterocycles. The summed E-state index contributed by atoms with van der Waals surface area (Å²) >= 11 is 0. The highest BCUT2D eigenvalue weighted by atomic mass is 19.1. The van der Waals surface area contributed by atoms with E-state index >= 15 is 0 Å². The lowest BCUT2D eigenvalue weighted by molar-refractivity contribution is -0.193. The van der Waals surface area contributed by atoms with Crippen LogP contribution in [0.2, 0.25) is 0 Å². The molecule has 33 heavy (non-hydrogen) atoms. The smallest absolute Gasteiger partial charge is 0.221 e. The number of hydrogen-bond donors (Lipinski definition) is 2. The van der Waals surface area contributed by atoms with Gasteiger partial charge in [0, 0.05) is 31.6 Å². The molecule has 3 unspecified atom stereocenters. The van der Waals surface area contributed by atoms with E-state index in [1.807, 2.05) is 19.9 Å². The number of ether oxygens (including phenoxy) is 1. The molecule has 2 aromatic rings. The van der Waals surface area contributed by atoms with Crippen LogP contribution in [0.25, 0.3) is 11.1 Å². The number of fused-ring (bicyclic) bond motifs is 2. The summed E-state index contributed by atoms with van der Waals surface area (Å²) in [5, 5.41) is 20.2. The zero-order chi connectivity index (χ0) is 23.8. The Kier molecular flexibility index (Phi) is 6.11. The molecule has 0 aliphatic carbocycles. The Balaban J connectivity index is 1.83. The van der Waals surface area contributed by atoms with Gasteiger partial charge in [0.2, 0.25) is 11.7 Å². The molecule has 2 aliphatic rings. The van der Waals surface area contributed by atoms with Gasteiger partial charge in [0.15, 0.2) is 0 Å². The second-order valence-corrected chi connectivity index (χ2v) is 8.61. The van der Waals surface area contributed by atoms with Crippen LogP contribution in [0.15, 0.2) is 53.0 Å². The van der Waals surface area contributed by atoms with Crippen LogP contribution in [0, 0.1) is 23.1 Å². The number of nitrogens with two attached hydrogens (primary N) is 1. The van der Waals surface area contributed by atoms with Crippen molar-refractivity contribution in [2.24, 2.45) is 16.6 Å². The average Bonchev–Trinajstić information content (AvgIpc) is 3.06. The molecule has 0 radical (unpaired) electrons. The highest BCUT2D eigenvalue weighted by Gasteiger charge is 2.50. The second-order valence-electron chi connectivity index (χ2n) is 8.61. The normalized spacial score (nSPS) is 22.2. The number of rotatable bonds is 5. The summed E-state index contributed by atoms with van der Waals surface area (Å²) in [6.07, 6.45) is 2.67. The van der Waals surface area contributed by atoms with Gasteiger partial charge in [0.25, 0.3) is 0 Å². The Bertz CT molecular complexity index is 1170. The predicted octanol–water partition coefficient (Wildman–Crippen LogP) is 3.82. The van der Waals surface area contributed by atoms with Crippen molar-refractivity contribution in [2.75, 3.05) is 13.7 Å². The van der Waals surface area contributed by atoms with Crippen LogP contribution in [0.5, 0.6) is 5.75 Å². The fraction of sp³-hybridized carbons (Fsp3) is 0.360. The molecule has 3 atom stereocenters. The predicted molar refractivity (Wildman–Crippen MR) is 122 cm³/mol. The molecule has 0 fully saturated rings. The maximum absolute atomic E-state index is 14.9. The van der Waals surface area contributed by atoms with Crippen molar-refractivity contribution in [1.29, 1.82) is 5.26 Å². The van der Waals surface area contributed by atoms with Crippen molar-refractivity contribution in [3.05, 3.63) is 65.0 Å². The topological polar surface area (TPSA) is 104 Å². The minimum atomic E-state index is -1.14. The number of hydrogen-bond acceptors (Lipinski definition) is 7. The van der Waals surface area contributed by atoms with Gasteiger partial charge in [-0.05, 0) is 44.0 Å². The van der Waals surface area contributed by atoms with Crippen LogP contribution >= 0.6 is 0 Å². The van der Waals surface area contributed by atoms with E-state index in [0.717, 1.165) is 5.57 Å². The summed E-state index contributed by atoms with van der Waals surface area (Å²) < 4.78 is 21.2. The number of aliphatic hydroxyl groups excluding tert-OH is 1. The molecule has 4 rings (SSSR count). The molecule has 0 saturated carbocycles. The first-order valence-corrected chi connectivity index (χ1v) is 10.8. The summed E-state index contributed by atoms with van der Waals surface area (Å²) in [7, 11) is 1.68. The standard InChI is InChI=1S/C25H27FN4O3/c1-15(2)11-17(9-10-31)22-13-25(29-24(28)30(3)33-25)20-12-16(7-8-21(20)32-22)19-6-4-5-18(14-27)23(19)26/h4-8,11-12,17,22,31H,9-10,13H2,1-3H3,(H2,28,29). The maximum Gasteiger partial charge on any atom is 0.221 e. The van der Waals surface area contributed by atoms with Gasteiger partial charge < -0.3 is 15.6 Å². The van der Waals surface area contributed by atoms with E-state index in [4.69, 9.17) is 15.3 Å². The highest BCUT2D eigenvalue weighted by Crippen LogP contribution is 2.49. The number of guanidine groups is 1. The third-order valence-electron chi connectivity index (χ3n) is 5.98. The van der Waals surface area contributed by atoms with Crippen molar-refractivity contribution >= 4 is 5.96 Å². The van der Waals surface area contributed by atoms with Gasteiger partial charge in [-0.3, -0.25) is 0 Å². The first-order chi connectivity index (χ1) is 15.8. The van der Waals surface area contributed by atoms with Gasteiger partial charge in [-0.1, -0.05) is 29.8 Å². The van der Waals surface area contributed by atoms with E-state index in [2.05, 4.69) is 11.1 Å². The molecule has 7 nitrogen and oxygen atoms in total. The second kappa shape index (κ2) is 8.85. The first-order valence-electron chi connectivity index (χ1n) is 10.8. The lowest BCUT2D eigenvalue weighted by atomic mass is 9.84. The van der Waals surface area contributed by atoms with Crippen molar-refractivity contribution in [2.45, 2.75) is 38.5 Å². The molecule has 8 heteroatoms. The molecule has 0 saturated heterocycles. The molecular weight excluding hydrogens is 423 g/mol. The Labute approximate surface area is 192 Å². The zero-order valence-corrected chi connectivity index (χ0v) is 18.9. The fourth-order valence-corrected chi connectivity index (χ4v) is 4.47. The molecule has 0 amide bonds. The molecule has 2 aliphatic heterocycles. The van der Waals surface area contributed by atoms with Crippen molar-refractivity contribution in [3.8, 4) is 22.9 Å². The number of halogens is 1. The molecule has 1 spiro atoms. The summed E-state index contributed by atoms with van der Waals surface area (Å²) in [6, 6.07) is 11.9. The van der Waals surface area contributed by atoms with Gasteiger partial charge in [-0.25, -0.2) is 19.3 Å². The van der Waals surface area contributed by atoms with Crippen LogP contribution < -0.4 is 10.5 Å². The summed E-state index contributed by atoms with van der Waals surface area (Å²) in [4.78, 5) is 10.8. The molecule has 2 aromatic carbocycles. The Morgan fingerprint density at radius 1 is 1.42 bits per heavy atom.